The van der Waals surface area contributed by atoms with Gasteiger partial charge in [-0.3, -0.25) is 4.81 Å². The van der Waals surface area contributed by atoms with E-state index in [2.05, 4.69) is 81.3 Å². The van der Waals surface area contributed by atoms with Crippen molar-refractivity contribution in [1.82, 2.24) is 0 Å². The minimum absolute atomic E-state index is 0. The van der Waals surface area contributed by atoms with Crippen molar-refractivity contribution in [3.05, 3.63) is 48.2 Å². The van der Waals surface area contributed by atoms with E-state index in [-0.39, 0.29) is 28.8 Å². The molecule has 0 fully saturated rings. The number of aromatic amines is 1. The van der Waals surface area contributed by atoms with Gasteiger partial charge in [0.25, 0.3) is 5.82 Å². The Balaban J connectivity index is 0.00000133. The maximum absolute atomic E-state index is 3.36. The van der Waals surface area contributed by atoms with Gasteiger partial charge in [0.2, 0.25) is 0 Å². The molecule has 0 aliphatic carbocycles. The number of halogens is 2. The molecular weight excluding hydrogens is 463 g/mol. The Morgan fingerprint density at radius 3 is 2.53 bits per heavy atom. The molecular formula is C13H14BI2N3. The number of nitrogens with zero attached hydrogens (tertiary/aromatic N) is 2. The smallest absolute Gasteiger partial charge is 0.573 e. The summed E-state index contributed by atoms with van der Waals surface area (Å²) in [6, 6.07) is 12.7. The van der Waals surface area contributed by atoms with E-state index < -0.39 is 0 Å². The van der Waals surface area contributed by atoms with Crippen LogP contribution in [0.5, 0.6) is 0 Å². The van der Waals surface area contributed by atoms with Gasteiger partial charge in [-0.25, -0.2) is 4.98 Å². The number of anilines is 3. The Morgan fingerprint density at radius 1 is 1.11 bits per heavy atom. The first-order valence-corrected chi connectivity index (χ1v) is 7.17. The van der Waals surface area contributed by atoms with E-state index in [1.54, 1.807) is 0 Å². The van der Waals surface area contributed by atoms with E-state index in [0.717, 1.165) is 5.82 Å². The average Bonchev–Trinajstić information content (AvgIpc) is 2.64. The molecule has 19 heavy (non-hydrogen) atoms. The second-order valence-corrected chi connectivity index (χ2v) is 5.60. The molecule has 0 unspecified atom stereocenters. The highest BCUT2D eigenvalue weighted by atomic mass is 127. The van der Waals surface area contributed by atoms with Gasteiger partial charge in [0.15, 0.2) is 0 Å². The fourth-order valence-corrected chi connectivity index (χ4v) is 3.24. The summed E-state index contributed by atoms with van der Waals surface area (Å²) in [6.07, 6.45) is 1.98. The Kier molecular flexibility index (Phi) is 4.60. The van der Waals surface area contributed by atoms with Gasteiger partial charge in [-0.2, -0.15) is 0 Å². The lowest BCUT2D eigenvalue weighted by Crippen LogP contribution is -3.00. The minimum Gasteiger partial charge on any atom is -1.00 e. The van der Waals surface area contributed by atoms with Crippen molar-refractivity contribution < 1.29 is 29.0 Å². The zero-order valence-corrected chi connectivity index (χ0v) is 15.1. The highest BCUT2D eigenvalue weighted by Gasteiger charge is 2.46. The van der Waals surface area contributed by atoms with Gasteiger partial charge in [0, 0.05) is 0 Å². The van der Waals surface area contributed by atoms with E-state index in [0.29, 0.717) is 0 Å². The van der Waals surface area contributed by atoms with Crippen LogP contribution in [0.25, 0.3) is 0 Å². The van der Waals surface area contributed by atoms with Crippen LogP contribution in [0.15, 0.2) is 42.6 Å². The van der Waals surface area contributed by atoms with E-state index >= 15 is 0 Å². The van der Waals surface area contributed by atoms with Gasteiger partial charge >= 0.3 is 4.84 Å². The molecule has 0 saturated carbocycles. The summed E-state index contributed by atoms with van der Waals surface area (Å²) in [6.45, 7) is 2.15. The molecule has 1 aliphatic heterocycles. The van der Waals surface area contributed by atoms with Crippen LogP contribution in [0.1, 0.15) is 5.56 Å². The topological polar surface area (TPSA) is 20.6 Å². The first-order chi connectivity index (χ1) is 8.70. The summed E-state index contributed by atoms with van der Waals surface area (Å²) in [5.74, 6) is 1.16. The molecule has 6 heteroatoms. The number of hydrogen-bond donors (Lipinski definition) is 0. The number of nitrogens with one attached hydrogen (secondary N) is 1. The van der Waals surface area contributed by atoms with Crippen molar-refractivity contribution in [2.45, 2.75) is 6.92 Å². The Morgan fingerprint density at radius 2 is 1.79 bits per heavy atom. The molecule has 0 spiro atoms. The number of hydrogen-bond acceptors (Lipinski definition) is 2. The van der Waals surface area contributed by atoms with Gasteiger partial charge < -0.3 is 28.8 Å². The minimum atomic E-state index is 0. The number of benzene rings is 1. The van der Waals surface area contributed by atoms with Crippen LogP contribution in [-0.2, 0) is 0 Å². The van der Waals surface area contributed by atoms with Crippen molar-refractivity contribution in [3.8, 4) is 0 Å². The molecule has 3 nitrogen and oxygen atoms in total. The van der Waals surface area contributed by atoms with Crippen molar-refractivity contribution >= 4 is 44.4 Å². The van der Waals surface area contributed by atoms with Gasteiger partial charge in [0.1, 0.15) is 11.4 Å². The van der Waals surface area contributed by atoms with Crippen molar-refractivity contribution in [2.75, 3.05) is 16.7 Å². The molecule has 0 radical (unpaired) electrons. The molecule has 1 aromatic heterocycles. The summed E-state index contributed by atoms with van der Waals surface area (Å²) in [7, 11) is 2.13. The van der Waals surface area contributed by atoms with Crippen LogP contribution in [0.4, 0.5) is 17.2 Å². The number of pyridine rings is 1. The van der Waals surface area contributed by atoms with E-state index in [1.807, 2.05) is 12.3 Å². The zero-order valence-electron chi connectivity index (χ0n) is 10.8. The van der Waals surface area contributed by atoms with Crippen LogP contribution in [0.3, 0.4) is 0 Å². The molecule has 1 aliphatic rings. The van der Waals surface area contributed by atoms with Gasteiger partial charge in [0.05, 0.1) is 6.20 Å². The fourth-order valence-electron chi connectivity index (χ4n) is 2.36. The molecule has 2 heterocycles. The SMILES string of the molecule is Cc1ccccc1N1B(I)N(C)c2ccc[nH+]c21.[I-]. The van der Waals surface area contributed by atoms with Crippen molar-refractivity contribution in [2.24, 2.45) is 0 Å². The second kappa shape index (κ2) is 5.86. The third-order valence-corrected chi connectivity index (χ3v) is 4.73. The molecule has 1 N–H and O–H groups in total. The van der Waals surface area contributed by atoms with E-state index in [4.69, 9.17) is 0 Å². The molecule has 0 saturated heterocycles. The van der Waals surface area contributed by atoms with Gasteiger partial charge in [-0.15, -0.1) is 0 Å². The second-order valence-electron chi connectivity index (χ2n) is 4.48. The van der Waals surface area contributed by atoms with Crippen LogP contribution in [0, 0.1) is 6.92 Å². The highest BCUT2D eigenvalue weighted by molar-refractivity contribution is 14.1. The van der Waals surface area contributed by atoms with Crippen molar-refractivity contribution in [3.63, 3.8) is 0 Å². The van der Waals surface area contributed by atoms with E-state index in [9.17, 15) is 0 Å². The molecule has 98 valence electrons. The third-order valence-electron chi connectivity index (χ3n) is 3.34. The molecule has 3 rings (SSSR count). The third kappa shape index (κ3) is 2.44. The maximum atomic E-state index is 3.36. The van der Waals surface area contributed by atoms with Crippen LogP contribution in [-0.4, -0.2) is 11.9 Å². The standard InChI is InChI=1S/C13H13BIN3.HI/c1-10-6-3-4-7-11(10)18-13-12(8-5-9-16-13)17(2)14(18)15;/h3-9H,1-2H3;1H. The Bertz CT molecular complexity index is 594. The number of fused-ring (bicyclic) bond motifs is 1. The summed E-state index contributed by atoms with van der Waals surface area (Å²) in [4.78, 5) is 8.27. The van der Waals surface area contributed by atoms with Crippen LogP contribution >= 0.6 is 22.4 Å². The lowest BCUT2D eigenvalue weighted by atomic mass is 10.0. The predicted octanol–water partition coefficient (Wildman–Crippen LogP) is -0.179. The number of aromatic nitrogens is 1. The number of rotatable bonds is 1. The first kappa shape index (κ1) is 14.9. The number of para-hydroxylation sites is 1. The monoisotopic (exact) mass is 477 g/mol. The van der Waals surface area contributed by atoms with Gasteiger partial charge in [-0.1, -0.05) is 40.6 Å². The molecule has 0 atom stereocenters. The normalized spacial score (nSPS) is 13.3. The summed E-state index contributed by atoms with van der Waals surface area (Å²) in [5.41, 5.74) is 3.78. The first-order valence-electron chi connectivity index (χ1n) is 5.92. The number of H-pyrrole nitrogens is 1. The summed E-state index contributed by atoms with van der Waals surface area (Å²) < 4.78 is 0. The average molecular weight is 477 g/mol. The van der Waals surface area contributed by atoms with E-state index in [1.165, 1.54) is 16.9 Å². The largest absolute Gasteiger partial charge is 1.00 e. The maximum Gasteiger partial charge on any atom is 0.573 e. The molecule has 0 amide bonds. The zero-order chi connectivity index (χ0) is 12.7. The van der Waals surface area contributed by atoms with Crippen LogP contribution in [0.2, 0.25) is 0 Å². The summed E-state index contributed by atoms with van der Waals surface area (Å²) in [5, 5.41) is 0. The molecule has 0 bridgehead atoms. The molecule has 2 aromatic rings. The quantitative estimate of drug-likeness (QED) is 0.421. The highest BCUT2D eigenvalue weighted by Crippen LogP contribution is 2.41. The van der Waals surface area contributed by atoms with Crippen LogP contribution < -0.4 is 38.6 Å². The Hall–Kier alpha value is -0.505. The van der Waals surface area contributed by atoms with Crippen molar-refractivity contribution in [1.29, 1.82) is 0 Å². The number of aryl methyl sites for hydroxylation is 1. The fraction of sp³-hybridized carbons (Fsp3) is 0.154. The predicted molar refractivity (Wildman–Crippen MR) is 84.5 cm³/mol. The Labute approximate surface area is 144 Å². The van der Waals surface area contributed by atoms with Gasteiger partial charge in [-0.05, 0) is 37.7 Å². The lowest BCUT2D eigenvalue weighted by Gasteiger charge is -2.16. The summed E-state index contributed by atoms with van der Waals surface area (Å²) >= 11 is 2.47. The lowest BCUT2D eigenvalue weighted by molar-refractivity contribution is -0.361. The molecule has 1 aromatic carbocycles.